The zero-order valence-corrected chi connectivity index (χ0v) is 16.4. The third-order valence-electron chi connectivity index (χ3n) is 2.41. The molecule has 0 aliphatic carbocycles. The first kappa shape index (κ1) is 21.0. The minimum absolute atomic E-state index is 0.132. The topological polar surface area (TPSA) is 77.0 Å². The van der Waals surface area contributed by atoms with Gasteiger partial charge in [0.1, 0.15) is 11.2 Å². The number of rotatable bonds is 2. The second-order valence-electron chi connectivity index (χ2n) is 7.30. The van der Waals surface area contributed by atoms with Crippen LogP contribution in [-0.4, -0.2) is 28.6 Å². The van der Waals surface area contributed by atoms with E-state index in [9.17, 15) is 9.59 Å². The van der Waals surface area contributed by atoms with Crippen LogP contribution in [0, 0.1) is 0 Å². The molecule has 7 heteroatoms. The molecule has 1 rings (SSSR count). The fourth-order valence-corrected chi connectivity index (χ4v) is 2.37. The van der Waals surface area contributed by atoms with Gasteiger partial charge < -0.3 is 9.47 Å². The van der Waals surface area contributed by atoms with Crippen molar-refractivity contribution in [2.45, 2.75) is 58.5 Å². The third-order valence-corrected chi connectivity index (χ3v) is 3.36. The lowest BCUT2D eigenvalue weighted by Crippen LogP contribution is -2.36. The molecule has 0 aliphatic rings. The molecule has 0 fully saturated rings. The third kappa shape index (κ3) is 10.4. The summed E-state index contributed by atoms with van der Waals surface area (Å²) in [5.74, 6) is 0.540. The van der Waals surface area contributed by atoms with Gasteiger partial charge in [0.2, 0.25) is 0 Å². The Morgan fingerprint density at radius 2 is 1.56 bits per heavy atom. The highest BCUT2D eigenvalue weighted by molar-refractivity contribution is 8.13. The Hall–Kier alpha value is -2.02. The van der Waals surface area contributed by atoms with Crippen molar-refractivity contribution in [3.05, 3.63) is 35.9 Å². The Bertz CT molecular complexity index is 616. The summed E-state index contributed by atoms with van der Waals surface area (Å²) in [6, 6.07) is 9.66. The highest BCUT2D eigenvalue weighted by Crippen LogP contribution is 2.15. The maximum atomic E-state index is 12.0. The molecular formula is C18H26N2O4S. The van der Waals surface area contributed by atoms with Crippen LogP contribution in [0.2, 0.25) is 0 Å². The summed E-state index contributed by atoms with van der Waals surface area (Å²) < 4.78 is 10.4. The van der Waals surface area contributed by atoms with Gasteiger partial charge in [0.05, 0.1) is 0 Å². The standard InChI is InChI=1S/C18H26N2O4S/c1-17(2,3)23-15(21)19-14(20-16(22)24-18(4,5)6)25-12-13-10-8-7-9-11-13/h7-11H,12H2,1-6H3,(H,19,20,21,22). The molecule has 2 amide bonds. The molecule has 1 N–H and O–H groups in total. The normalized spacial score (nSPS) is 12.5. The first-order chi connectivity index (χ1) is 11.4. The van der Waals surface area contributed by atoms with Crippen molar-refractivity contribution in [1.82, 2.24) is 5.32 Å². The number of carbonyl (C=O) groups is 2. The lowest BCUT2D eigenvalue weighted by atomic mass is 10.2. The molecular weight excluding hydrogens is 340 g/mol. The van der Waals surface area contributed by atoms with Gasteiger partial charge in [0.15, 0.2) is 5.17 Å². The van der Waals surface area contributed by atoms with Crippen LogP contribution in [-0.2, 0) is 15.2 Å². The van der Waals surface area contributed by atoms with Crippen LogP contribution in [0.25, 0.3) is 0 Å². The predicted octanol–water partition coefficient (Wildman–Crippen LogP) is 4.74. The van der Waals surface area contributed by atoms with E-state index in [0.717, 1.165) is 5.56 Å². The Balaban J connectivity index is 2.81. The number of hydrogen-bond donors (Lipinski definition) is 1. The van der Waals surface area contributed by atoms with E-state index >= 15 is 0 Å². The van der Waals surface area contributed by atoms with Crippen molar-refractivity contribution in [1.29, 1.82) is 0 Å². The molecule has 0 aromatic heterocycles. The monoisotopic (exact) mass is 366 g/mol. The highest BCUT2D eigenvalue weighted by Gasteiger charge is 2.20. The zero-order valence-electron chi connectivity index (χ0n) is 15.6. The number of thioether (sulfide) groups is 1. The summed E-state index contributed by atoms with van der Waals surface area (Å²) >= 11 is 1.22. The summed E-state index contributed by atoms with van der Waals surface area (Å²) in [7, 11) is 0. The molecule has 1 aromatic rings. The highest BCUT2D eigenvalue weighted by atomic mass is 32.2. The van der Waals surface area contributed by atoms with Gasteiger partial charge >= 0.3 is 12.2 Å². The lowest BCUT2D eigenvalue weighted by Gasteiger charge is -2.20. The first-order valence-electron chi connectivity index (χ1n) is 7.93. The van der Waals surface area contributed by atoms with Crippen LogP contribution in [0.5, 0.6) is 0 Å². The van der Waals surface area contributed by atoms with Crippen molar-refractivity contribution in [2.75, 3.05) is 0 Å². The Morgan fingerprint density at radius 3 is 2.08 bits per heavy atom. The summed E-state index contributed by atoms with van der Waals surface area (Å²) in [5.41, 5.74) is -0.275. The Labute approximate surface area is 153 Å². The van der Waals surface area contributed by atoms with Gasteiger partial charge in [-0.3, -0.25) is 5.32 Å². The number of nitrogens with one attached hydrogen (secondary N) is 1. The fourth-order valence-electron chi connectivity index (χ4n) is 1.58. The van der Waals surface area contributed by atoms with Crippen molar-refractivity contribution < 1.29 is 19.1 Å². The number of benzene rings is 1. The van der Waals surface area contributed by atoms with E-state index in [1.54, 1.807) is 41.5 Å². The molecule has 0 heterocycles. The minimum Gasteiger partial charge on any atom is -0.444 e. The molecule has 0 aliphatic heterocycles. The van der Waals surface area contributed by atoms with Crippen molar-refractivity contribution in [3.63, 3.8) is 0 Å². The van der Waals surface area contributed by atoms with E-state index in [1.165, 1.54) is 11.8 Å². The van der Waals surface area contributed by atoms with Gasteiger partial charge in [-0.25, -0.2) is 9.59 Å². The SMILES string of the molecule is CC(C)(C)OC(=O)/N=C(\NC(=O)OC(C)(C)C)SCc1ccccc1. The van der Waals surface area contributed by atoms with Gasteiger partial charge in [-0.15, -0.1) is 0 Å². The van der Waals surface area contributed by atoms with E-state index in [4.69, 9.17) is 9.47 Å². The average Bonchev–Trinajstić information content (AvgIpc) is 2.41. The molecule has 0 saturated carbocycles. The number of ether oxygens (including phenoxy) is 2. The molecule has 1 aromatic carbocycles. The summed E-state index contributed by atoms with van der Waals surface area (Å²) in [6.45, 7) is 10.5. The minimum atomic E-state index is -0.765. The van der Waals surface area contributed by atoms with Gasteiger partial charge in [0.25, 0.3) is 0 Å². The number of carbonyl (C=O) groups excluding carboxylic acids is 2. The Kier molecular flexibility index (Phi) is 7.48. The van der Waals surface area contributed by atoms with E-state index in [0.29, 0.717) is 5.75 Å². The smallest absolute Gasteiger partial charge is 0.436 e. The molecule has 25 heavy (non-hydrogen) atoms. The van der Waals surface area contributed by atoms with Crippen LogP contribution in [0.1, 0.15) is 47.1 Å². The quantitative estimate of drug-likeness (QED) is 0.604. The van der Waals surface area contributed by atoms with E-state index < -0.39 is 23.4 Å². The average molecular weight is 366 g/mol. The first-order valence-corrected chi connectivity index (χ1v) is 8.91. The molecule has 0 saturated heterocycles. The van der Waals surface area contributed by atoms with E-state index in [2.05, 4.69) is 10.3 Å². The van der Waals surface area contributed by atoms with Gasteiger partial charge in [-0.2, -0.15) is 4.99 Å². The molecule has 0 spiro atoms. The van der Waals surface area contributed by atoms with Crippen LogP contribution in [0.4, 0.5) is 9.59 Å². The van der Waals surface area contributed by atoms with Crippen LogP contribution >= 0.6 is 11.8 Å². The van der Waals surface area contributed by atoms with E-state index in [1.807, 2.05) is 30.3 Å². The maximum Gasteiger partial charge on any atom is 0.436 e. The number of amides is 2. The number of aliphatic imine (C=N–C) groups is 1. The van der Waals surface area contributed by atoms with Gasteiger partial charge in [0, 0.05) is 5.75 Å². The summed E-state index contributed by atoms with van der Waals surface area (Å²) in [6.07, 6.45) is -1.44. The number of hydrogen-bond acceptors (Lipinski definition) is 5. The number of nitrogens with zero attached hydrogens (tertiary/aromatic N) is 1. The maximum absolute atomic E-state index is 12.0. The van der Waals surface area contributed by atoms with E-state index in [-0.39, 0.29) is 5.17 Å². The van der Waals surface area contributed by atoms with Crippen molar-refractivity contribution >= 4 is 29.1 Å². The second kappa shape index (κ2) is 8.89. The fraction of sp³-hybridized carbons (Fsp3) is 0.500. The molecule has 0 atom stereocenters. The number of alkyl carbamates (subject to hydrolysis) is 1. The number of amidine groups is 1. The van der Waals surface area contributed by atoms with Crippen molar-refractivity contribution in [3.8, 4) is 0 Å². The molecule has 0 radical (unpaired) electrons. The molecule has 138 valence electrons. The van der Waals surface area contributed by atoms with Gasteiger partial charge in [-0.05, 0) is 47.1 Å². The van der Waals surface area contributed by atoms with Gasteiger partial charge in [-0.1, -0.05) is 42.1 Å². The summed E-state index contributed by atoms with van der Waals surface area (Å²) in [4.78, 5) is 27.8. The second-order valence-corrected chi connectivity index (χ2v) is 8.26. The predicted molar refractivity (Wildman–Crippen MR) is 101 cm³/mol. The van der Waals surface area contributed by atoms with Crippen LogP contribution in [0.3, 0.4) is 0 Å². The molecule has 0 bridgehead atoms. The lowest BCUT2D eigenvalue weighted by molar-refractivity contribution is 0.0564. The van der Waals surface area contributed by atoms with Crippen LogP contribution < -0.4 is 5.32 Å². The largest absolute Gasteiger partial charge is 0.444 e. The summed E-state index contributed by atoms with van der Waals surface area (Å²) in [5, 5.41) is 2.64. The molecule has 0 unspecified atom stereocenters. The Morgan fingerprint density at radius 1 is 1.00 bits per heavy atom. The molecule has 6 nitrogen and oxygen atoms in total. The van der Waals surface area contributed by atoms with Crippen LogP contribution in [0.15, 0.2) is 35.3 Å². The zero-order chi connectivity index (χ0) is 19.1. The van der Waals surface area contributed by atoms with Crippen molar-refractivity contribution in [2.24, 2.45) is 4.99 Å².